The molecule has 7 nitrogen and oxygen atoms in total. The summed E-state index contributed by atoms with van der Waals surface area (Å²) in [5, 5.41) is 19.7. The maximum atomic E-state index is 10.8. The lowest BCUT2D eigenvalue weighted by atomic mass is 10.2. The summed E-state index contributed by atoms with van der Waals surface area (Å²) >= 11 is 5.86. The van der Waals surface area contributed by atoms with E-state index in [4.69, 9.17) is 25.9 Å². The van der Waals surface area contributed by atoms with E-state index in [9.17, 15) is 14.9 Å². The predicted molar refractivity (Wildman–Crippen MR) is 68.1 cm³/mol. The van der Waals surface area contributed by atoms with E-state index >= 15 is 0 Å². The molecular weight excluding hydrogens is 290 g/mol. The van der Waals surface area contributed by atoms with Crippen molar-refractivity contribution in [2.75, 3.05) is 0 Å². The smallest absolute Gasteiger partial charge is 0.372 e. The Bertz CT molecular complexity index is 666. The Hall–Kier alpha value is -2.54. The van der Waals surface area contributed by atoms with Crippen LogP contribution in [0.25, 0.3) is 0 Å². The van der Waals surface area contributed by atoms with E-state index < -0.39 is 10.9 Å². The fourth-order valence-corrected chi connectivity index (χ4v) is 1.68. The lowest BCUT2D eigenvalue weighted by molar-refractivity contribution is -0.384. The van der Waals surface area contributed by atoms with Crippen molar-refractivity contribution >= 4 is 23.3 Å². The lowest BCUT2D eigenvalue weighted by Gasteiger charge is -2.07. The van der Waals surface area contributed by atoms with E-state index in [1.54, 1.807) is 0 Å². The van der Waals surface area contributed by atoms with Crippen molar-refractivity contribution < 1.29 is 24.0 Å². The molecule has 2 aromatic rings. The summed E-state index contributed by atoms with van der Waals surface area (Å²) in [6, 6.07) is 5.19. The van der Waals surface area contributed by atoms with Crippen LogP contribution in [0.2, 0.25) is 5.02 Å². The highest BCUT2D eigenvalue weighted by atomic mass is 35.5. The van der Waals surface area contributed by atoms with Crippen molar-refractivity contribution in [3.63, 3.8) is 0 Å². The van der Waals surface area contributed by atoms with Crippen LogP contribution >= 0.6 is 11.6 Å². The first-order valence-electron chi connectivity index (χ1n) is 5.35. The molecule has 0 aliphatic carbocycles. The number of nitro groups is 1. The van der Waals surface area contributed by atoms with E-state index in [1.165, 1.54) is 30.5 Å². The fraction of sp³-hybridized carbons (Fsp3) is 0.0833. The number of ether oxygens (including phenoxy) is 1. The van der Waals surface area contributed by atoms with Gasteiger partial charge in [-0.1, -0.05) is 11.6 Å². The van der Waals surface area contributed by atoms with Gasteiger partial charge in [0.1, 0.15) is 12.4 Å². The van der Waals surface area contributed by atoms with Gasteiger partial charge in [-0.25, -0.2) is 4.79 Å². The SMILES string of the molecule is O=C(O)c1occc1COc1cc([N+](=O)[O-])ccc1Cl. The molecule has 0 aliphatic rings. The van der Waals surface area contributed by atoms with Gasteiger partial charge in [-0.15, -0.1) is 0 Å². The summed E-state index contributed by atoms with van der Waals surface area (Å²) in [7, 11) is 0. The Morgan fingerprint density at radius 1 is 1.45 bits per heavy atom. The average molecular weight is 298 g/mol. The zero-order valence-electron chi connectivity index (χ0n) is 9.91. The minimum atomic E-state index is -1.22. The number of halogens is 1. The van der Waals surface area contributed by atoms with Crippen molar-refractivity contribution in [2.24, 2.45) is 0 Å². The summed E-state index contributed by atoms with van der Waals surface area (Å²) < 4.78 is 10.1. The number of carbonyl (C=O) groups is 1. The molecule has 20 heavy (non-hydrogen) atoms. The highest BCUT2D eigenvalue weighted by Gasteiger charge is 2.16. The van der Waals surface area contributed by atoms with Crippen LogP contribution in [0.15, 0.2) is 34.9 Å². The van der Waals surface area contributed by atoms with Crippen LogP contribution in [0.3, 0.4) is 0 Å². The molecule has 0 saturated heterocycles. The Balaban J connectivity index is 2.18. The second kappa shape index (κ2) is 5.62. The monoisotopic (exact) mass is 297 g/mol. The lowest BCUT2D eigenvalue weighted by Crippen LogP contribution is -2.03. The summed E-state index contributed by atoms with van der Waals surface area (Å²) in [5.74, 6) is -1.37. The number of non-ortho nitro benzene ring substituents is 1. The molecule has 0 bridgehead atoms. The molecule has 2 rings (SSSR count). The van der Waals surface area contributed by atoms with Gasteiger partial charge in [-0.2, -0.15) is 0 Å². The zero-order valence-corrected chi connectivity index (χ0v) is 10.7. The summed E-state index contributed by atoms with van der Waals surface area (Å²) in [6.07, 6.45) is 1.22. The van der Waals surface area contributed by atoms with Gasteiger partial charge in [0, 0.05) is 11.6 Å². The van der Waals surface area contributed by atoms with E-state index in [0.29, 0.717) is 5.56 Å². The molecule has 1 aromatic carbocycles. The highest BCUT2D eigenvalue weighted by molar-refractivity contribution is 6.32. The van der Waals surface area contributed by atoms with Crippen molar-refractivity contribution in [3.05, 3.63) is 57.0 Å². The minimum Gasteiger partial charge on any atom is -0.487 e. The first kappa shape index (κ1) is 13.9. The number of nitro benzene ring substituents is 1. The molecule has 1 N–H and O–H groups in total. The fourth-order valence-electron chi connectivity index (χ4n) is 1.51. The van der Waals surface area contributed by atoms with Gasteiger partial charge in [0.2, 0.25) is 5.76 Å². The van der Waals surface area contributed by atoms with Crippen molar-refractivity contribution in [1.82, 2.24) is 0 Å². The molecule has 1 aromatic heterocycles. The Kier molecular flexibility index (Phi) is 3.90. The number of furan rings is 1. The van der Waals surface area contributed by atoms with E-state index in [2.05, 4.69) is 0 Å². The van der Waals surface area contributed by atoms with Crippen LogP contribution in [0.5, 0.6) is 5.75 Å². The number of rotatable bonds is 5. The number of carboxylic acid groups (broad SMARTS) is 1. The van der Waals surface area contributed by atoms with Gasteiger partial charge in [0.25, 0.3) is 5.69 Å². The second-order valence-electron chi connectivity index (χ2n) is 3.74. The van der Waals surface area contributed by atoms with Gasteiger partial charge < -0.3 is 14.3 Å². The first-order chi connectivity index (χ1) is 9.49. The van der Waals surface area contributed by atoms with Crippen LogP contribution < -0.4 is 4.74 Å². The van der Waals surface area contributed by atoms with Crippen LogP contribution in [-0.4, -0.2) is 16.0 Å². The molecule has 1 heterocycles. The van der Waals surface area contributed by atoms with Gasteiger partial charge in [0.05, 0.1) is 22.3 Å². The molecule has 0 amide bonds. The van der Waals surface area contributed by atoms with Gasteiger partial charge in [-0.3, -0.25) is 10.1 Å². The molecule has 0 unspecified atom stereocenters. The number of benzene rings is 1. The summed E-state index contributed by atoms with van der Waals surface area (Å²) in [6.45, 7) is -0.126. The van der Waals surface area contributed by atoms with Gasteiger partial charge >= 0.3 is 5.97 Å². The Morgan fingerprint density at radius 2 is 2.20 bits per heavy atom. The minimum absolute atomic E-state index is 0.0957. The average Bonchev–Trinajstić information content (AvgIpc) is 2.86. The number of hydrogen-bond donors (Lipinski definition) is 1. The standard InChI is InChI=1S/C12H8ClNO6/c13-9-2-1-8(14(17)18)5-10(9)20-6-7-3-4-19-11(7)12(15)16/h1-5H,6H2,(H,15,16). The van der Waals surface area contributed by atoms with E-state index in [-0.39, 0.29) is 28.8 Å². The van der Waals surface area contributed by atoms with Crippen LogP contribution in [0.1, 0.15) is 16.1 Å². The quantitative estimate of drug-likeness (QED) is 0.672. The topological polar surface area (TPSA) is 103 Å². The van der Waals surface area contributed by atoms with Crippen LogP contribution in [0, 0.1) is 10.1 Å². The van der Waals surface area contributed by atoms with Crippen molar-refractivity contribution in [2.45, 2.75) is 6.61 Å². The van der Waals surface area contributed by atoms with Crippen LogP contribution in [0.4, 0.5) is 5.69 Å². The number of carboxylic acids is 1. The van der Waals surface area contributed by atoms with Crippen LogP contribution in [-0.2, 0) is 6.61 Å². The third-order valence-corrected chi connectivity index (χ3v) is 2.76. The summed E-state index contributed by atoms with van der Waals surface area (Å²) in [4.78, 5) is 20.9. The second-order valence-corrected chi connectivity index (χ2v) is 4.15. The maximum Gasteiger partial charge on any atom is 0.372 e. The molecule has 0 atom stereocenters. The number of nitrogens with zero attached hydrogens (tertiary/aromatic N) is 1. The molecule has 0 aliphatic heterocycles. The molecule has 0 radical (unpaired) electrons. The highest BCUT2D eigenvalue weighted by Crippen LogP contribution is 2.29. The Morgan fingerprint density at radius 3 is 2.85 bits per heavy atom. The predicted octanol–water partition coefficient (Wildman–Crippen LogP) is 3.12. The molecule has 104 valence electrons. The molecule has 8 heteroatoms. The van der Waals surface area contributed by atoms with Crippen molar-refractivity contribution in [3.8, 4) is 5.75 Å². The zero-order chi connectivity index (χ0) is 14.7. The first-order valence-corrected chi connectivity index (χ1v) is 5.73. The maximum absolute atomic E-state index is 10.8. The molecular formula is C12H8ClNO6. The van der Waals surface area contributed by atoms with Crippen molar-refractivity contribution in [1.29, 1.82) is 0 Å². The van der Waals surface area contributed by atoms with Gasteiger partial charge in [0.15, 0.2) is 0 Å². The summed E-state index contributed by atoms with van der Waals surface area (Å²) in [5.41, 5.74) is 0.134. The van der Waals surface area contributed by atoms with E-state index in [0.717, 1.165) is 0 Å². The van der Waals surface area contributed by atoms with Gasteiger partial charge in [-0.05, 0) is 12.1 Å². The normalized spacial score (nSPS) is 10.2. The number of aromatic carboxylic acids is 1. The molecule has 0 fully saturated rings. The van der Waals surface area contributed by atoms with E-state index in [1.807, 2.05) is 0 Å². The molecule has 0 spiro atoms. The Labute approximate surface area is 117 Å². The third kappa shape index (κ3) is 2.89. The molecule has 0 saturated carbocycles. The largest absolute Gasteiger partial charge is 0.487 e. The third-order valence-electron chi connectivity index (χ3n) is 2.45. The number of hydrogen-bond acceptors (Lipinski definition) is 5.